The van der Waals surface area contributed by atoms with E-state index in [-0.39, 0.29) is 0 Å². The van der Waals surface area contributed by atoms with Gasteiger partial charge >= 0.3 is 0 Å². The summed E-state index contributed by atoms with van der Waals surface area (Å²) in [7, 11) is 0. The van der Waals surface area contributed by atoms with Gasteiger partial charge in [-0.15, -0.1) is 0 Å². The summed E-state index contributed by atoms with van der Waals surface area (Å²) in [5.74, 6) is 0. The average Bonchev–Trinajstić information content (AvgIpc) is 3.20. The van der Waals surface area contributed by atoms with Crippen molar-refractivity contribution >= 4 is 0 Å². The van der Waals surface area contributed by atoms with E-state index in [1.807, 2.05) is 30.5 Å². The molecule has 48 heavy (non-hydrogen) atoms. The Kier molecular flexibility index (Phi) is 9.34. The molecule has 8 rings (SSSR count). The Morgan fingerprint density at radius 2 is 0.771 bits per heavy atom. The van der Waals surface area contributed by atoms with Crippen LogP contribution in [-0.2, 0) is 0 Å². The van der Waals surface area contributed by atoms with Gasteiger partial charge in [0.15, 0.2) is 6.20 Å². The van der Waals surface area contributed by atoms with Gasteiger partial charge in [0.25, 0.3) is 0 Å². The van der Waals surface area contributed by atoms with Crippen LogP contribution in [0.4, 0.5) is 0 Å². The lowest BCUT2D eigenvalue weighted by molar-refractivity contribution is -0.583. The van der Waals surface area contributed by atoms with E-state index in [2.05, 4.69) is 187 Å². The lowest BCUT2D eigenvalue weighted by atomic mass is 9.96. The molecule has 2 aromatic heterocycles. The topological polar surface area (TPSA) is 16.8 Å². The van der Waals surface area contributed by atoms with Crippen LogP contribution in [0.25, 0.3) is 61.6 Å². The van der Waals surface area contributed by atoms with Crippen molar-refractivity contribution in [1.82, 2.24) is 4.98 Å². The molecule has 0 aliphatic carbocycles. The SMILES string of the molecule is c1ccc(-c2ccc[n+](-c3ccccc3)c2-c2ccccc2)cc1.c1ccc(-c2cnc(-c3ccccc3)c(-c3ccccc3)c2)cc1. The quantitative estimate of drug-likeness (QED) is 0.170. The van der Waals surface area contributed by atoms with Gasteiger partial charge in [0.2, 0.25) is 11.4 Å². The lowest BCUT2D eigenvalue weighted by Crippen LogP contribution is -2.33. The van der Waals surface area contributed by atoms with Crippen molar-refractivity contribution in [2.75, 3.05) is 0 Å². The largest absolute Gasteiger partial charge is 0.255 e. The number of nitrogens with zero attached hydrogens (tertiary/aromatic N) is 2. The summed E-state index contributed by atoms with van der Waals surface area (Å²) in [6.07, 6.45) is 4.09. The zero-order chi connectivity index (χ0) is 32.4. The van der Waals surface area contributed by atoms with E-state index in [0.29, 0.717) is 0 Å². The summed E-state index contributed by atoms with van der Waals surface area (Å²) in [5.41, 5.74) is 12.8. The van der Waals surface area contributed by atoms with Crippen molar-refractivity contribution in [3.8, 4) is 61.6 Å². The molecule has 2 heterocycles. The molecule has 0 fully saturated rings. The molecule has 0 radical (unpaired) electrons. The summed E-state index contributed by atoms with van der Waals surface area (Å²) in [5, 5.41) is 0. The highest BCUT2D eigenvalue weighted by molar-refractivity contribution is 5.84. The number of aromatic nitrogens is 2. The first kappa shape index (κ1) is 30.3. The van der Waals surface area contributed by atoms with Crippen molar-refractivity contribution in [2.45, 2.75) is 0 Å². The fourth-order valence-electron chi connectivity index (χ4n) is 5.97. The highest BCUT2D eigenvalue weighted by Crippen LogP contribution is 2.34. The second kappa shape index (κ2) is 14.8. The lowest BCUT2D eigenvalue weighted by Gasteiger charge is -2.12. The normalized spacial score (nSPS) is 10.5. The number of benzene rings is 6. The summed E-state index contributed by atoms with van der Waals surface area (Å²) in [6, 6.07) is 69.3. The molecular weight excluding hydrogens is 581 g/mol. The Labute approximate surface area is 282 Å². The number of pyridine rings is 2. The first-order chi connectivity index (χ1) is 23.8. The van der Waals surface area contributed by atoms with E-state index < -0.39 is 0 Å². The predicted molar refractivity (Wildman–Crippen MR) is 199 cm³/mol. The molecule has 0 saturated heterocycles. The minimum Gasteiger partial charge on any atom is -0.255 e. The fraction of sp³-hybridized carbons (Fsp3) is 0. The zero-order valence-corrected chi connectivity index (χ0v) is 26.6. The van der Waals surface area contributed by atoms with Gasteiger partial charge in [0.1, 0.15) is 0 Å². The maximum atomic E-state index is 4.80. The van der Waals surface area contributed by atoms with Crippen LogP contribution in [0.1, 0.15) is 0 Å². The summed E-state index contributed by atoms with van der Waals surface area (Å²) < 4.78 is 2.26. The standard InChI is InChI=1S/C23H18N.C23H17N/c1-4-11-19(12-5-1)22-17-10-18-24(21-15-8-3-9-16-21)23(22)20-13-6-2-7-14-20;1-4-10-18(11-5-1)21-16-22(19-12-6-2-7-13-19)23(24-17-21)20-14-8-3-9-15-20/h1-18H;1-17H/q+1;. The van der Waals surface area contributed by atoms with Crippen molar-refractivity contribution in [2.24, 2.45) is 0 Å². The maximum Gasteiger partial charge on any atom is 0.226 e. The smallest absolute Gasteiger partial charge is 0.226 e. The van der Waals surface area contributed by atoms with Gasteiger partial charge in [0.05, 0.1) is 11.3 Å². The Hall–Kier alpha value is -6.38. The van der Waals surface area contributed by atoms with Gasteiger partial charge in [0, 0.05) is 46.6 Å². The number of hydrogen-bond donors (Lipinski definition) is 0. The van der Waals surface area contributed by atoms with Crippen LogP contribution >= 0.6 is 0 Å². The van der Waals surface area contributed by atoms with Gasteiger partial charge in [-0.1, -0.05) is 158 Å². The Morgan fingerprint density at radius 3 is 1.31 bits per heavy atom. The molecule has 2 heteroatoms. The highest BCUT2D eigenvalue weighted by atomic mass is 15.0. The summed E-state index contributed by atoms with van der Waals surface area (Å²) in [4.78, 5) is 4.80. The minimum absolute atomic E-state index is 1.02. The third-order valence-corrected chi connectivity index (χ3v) is 8.29. The first-order valence-corrected chi connectivity index (χ1v) is 16.2. The minimum atomic E-state index is 1.02. The average molecular weight is 616 g/mol. The van der Waals surface area contributed by atoms with E-state index >= 15 is 0 Å². The second-order valence-corrected chi connectivity index (χ2v) is 11.4. The molecule has 6 aromatic carbocycles. The Bertz CT molecular complexity index is 2070. The molecule has 2 nitrogen and oxygen atoms in total. The van der Waals surface area contributed by atoms with E-state index in [1.165, 1.54) is 33.5 Å². The van der Waals surface area contributed by atoms with Crippen molar-refractivity contribution in [3.05, 3.63) is 213 Å². The van der Waals surface area contributed by atoms with Crippen LogP contribution in [0.2, 0.25) is 0 Å². The van der Waals surface area contributed by atoms with E-state index in [1.54, 1.807) is 0 Å². The number of hydrogen-bond acceptors (Lipinski definition) is 1. The van der Waals surface area contributed by atoms with Crippen LogP contribution in [-0.4, -0.2) is 4.98 Å². The summed E-state index contributed by atoms with van der Waals surface area (Å²) in [6.45, 7) is 0. The van der Waals surface area contributed by atoms with Crippen LogP contribution < -0.4 is 4.57 Å². The van der Waals surface area contributed by atoms with Crippen LogP contribution in [0.15, 0.2) is 213 Å². The van der Waals surface area contributed by atoms with Crippen LogP contribution in [0.3, 0.4) is 0 Å². The molecule has 0 amide bonds. The third-order valence-electron chi connectivity index (χ3n) is 8.29. The van der Waals surface area contributed by atoms with E-state index in [4.69, 9.17) is 4.98 Å². The highest BCUT2D eigenvalue weighted by Gasteiger charge is 2.21. The Morgan fingerprint density at radius 1 is 0.333 bits per heavy atom. The summed E-state index contributed by atoms with van der Waals surface area (Å²) >= 11 is 0. The molecule has 0 aliphatic rings. The first-order valence-electron chi connectivity index (χ1n) is 16.2. The van der Waals surface area contributed by atoms with Crippen molar-refractivity contribution in [3.63, 3.8) is 0 Å². The molecule has 0 saturated carbocycles. The van der Waals surface area contributed by atoms with Gasteiger partial charge in [-0.25, -0.2) is 0 Å². The van der Waals surface area contributed by atoms with Crippen LogP contribution in [0.5, 0.6) is 0 Å². The molecular formula is C46H35N2+. The van der Waals surface area contributed by atoms with Gasteiger partial charge in [-0.05, 0) is 41.0 Å². The fourth-order valence-corrected chi connectivity index (χ4v) is 5.97. The molecule has 0 spiro atoms. The van der Waals surface area contributed by atoms with E-state index in [0.717, 1.165) is 28.1 Å². The molecule has 0 unspecified atom stereocenters. The van der Waals surface area contributed by atoms with Crippen LogP contribution in [0, 0.1) is 0 Å². The predicted octanol–water partition coefficient (Wildman–Crippen LogP) is 11.4. The Balaban J connectivity index is 0.000000152. The zero-order valence-electron chi connectivity index (χ0n) is 26.6. The van der Waals surface area contributed by atoms with Gasteiger partial charge in [-0.2, -0.15) is 4.57 Å². The molecule has 8 aromatic rings. The molecule has 0 aliphatic heterocycles. The molecule has 228 valence electrons. The second-order valence-electron chi connectivity index (χ2n) is 11.4. The monoisotopic (exact) mass is 615 g/mol. The maximum absolute atomic E-state index is 4.80. The van der Waals surface area contributed by atoms with Gasteiger partial charge in [-0.3, -0.25) is 4.98 Å². The van der Waals surface area contributed by atoms with Crippen molar-refractivity contribution in [1.29, 1.82) is 0 Å². The van der Waals surface area contributed by atoms with E-state index in [9.17, 15) is 0 Å². The molecule has 0 atom stereocenters. The number of rotatable bonds is 6. The van der Waals surface area contributed by atoms with Crippen molar-refractivity contribution < 1.29 is 4.57 Å². The molecule has 0 bridgehead atoms. The third kappa shape index (κ3) is 6.89. The van der Waals surface area contributed by atoms with Gasteiger partial charge < -0.3 is 0 Å². The number of para-hydroxylation sites is 1. The molecule has 0 N–H and O–H groups in total.